The highest BCUT2D eigenvalue weighted by Gasteiger charge is 2.26. The van der Waals surface area contributed by atoms with Crippen molar-refractivity contribution in [3.05, 3.63) is 186 Å². The Morgan fingerprint density at radius 3 is 2.24 bits per heavy atom. The second-order valence-electron chi connectivity index (χ2n) is 13.0. The highest BCUT2D eigenvalue weighted by Crippen LogP contribution is 2.42. The first-order valence-electron chi connectivity index (χ1n) is 17.5. The van der Waals surface area contributed by atoms with Crippen LogP contribution in [0.3, 0.4) is 0 Å². The van der Waals surface area contributed by atoms with Crippen LogP contribution in [0.15, 0.2) is 170 Å². The second kappa shape index (κ2) is 13.2. The Bertz CT molecular complexity index is 2390. The molecule has 2 unspecified atom stereocenters. The van der Waals surface area contributed by atoms with Gasteiger partial charge in [0.2, 0.25) is 0 Å². The molecule has 3 heteroatoms. The first-order valence-corrected chi connectivity index (χ1v) is 18.3. The zero-order valence-corrected chi connectivity index (χ0v) is 28.6. The third kappa shape index (κ3) is 5.58. The van der Waals surface area contributed by atoms with E-state index in [-0.39, 0.29) is 12.1 Å². The Morgan fingerprint density at radius 2 is 1.40 bits per heavy atom. The molecule has 0 radical (unpaired) electrons. The smallest absolute Gasteiger partial charge is 0.114 e. The van der Waals surface area contributed by atoms with E-state index in [0.717, 1.165) is 36.3 Å². The van der Waals surface area contributed by atoms with Crippen LogP contribution in [0.25, 0.3) is 32.5 Å². The summed E-state index contributed by atoms with van der Waals surface area (Å²) in [4.78, 5) is 6.24. The van der Waals surface area contributed by atoms with Gasteiger partial charge in [-0.1, -0.05) is 127 Å². The maximum absolute atomic E-state index is 3.59. The molecule has 0 aliphatic heterocycles. The van der Waals surface area contributed by atoms with Crippen molar-refractivity contribution < 1.29 is 0 Å². The monoisotopic (exact) mass is 660 g/mol. The normalized spacial score (nSPS) is 17.8. The number of hydrogen-bond donors (Lipinski definition) is 0. The molecule has 50 heavy (non-hydrogen) atoms. The molecule has 240 valence electrons. The molecule has 1 aromatic heterocycles. The number of para-hydroxylation sites is 2. The largest absolute Gasteiger partial charge is 0.333 e. The number of nitrogens with zero attached hydrogens (tertiary/aromatic N) is 2. The van der Waals surface area contributed by atoms with E-state index in [0.29, 0.717) is 0 Å². The summed E-state index contributed by atoms with van der Waals surface area (Å²) in [5.74, 6) is 7.08. The Kier molecular flexibility index (Phi) is 8.01. The fraction of sp³-hybridized carbons (Fsp3) is 0.106. The Hall–Kier alpha value is -5.82. The molecule has 3 aliphatic rings. The van der Waals surface area contributed by atoms with Gasteiger partial charge in [0, 0.05) is 43.8 Å². The lowest BCUT2D eigenvalue weighted by atomic mass is 9.92. The van der Waals surface area contributed by atoms with Gasteiger partial charge >= 0.3 is 0 Å². The van der Waals surface area contributed by atoms with Crippen molar-refractivity contribution in [2.24, 2.45) is 0 Å². The van der Waals surface area contributed by atoms with Crippen LogP contribution in [0.5, 0.6) is 0 Å². The van der Waals surface area contributed by atoms with Gasteiger partial charge in [0.1, 0.15) is 6.04 Å². The van der Waals surface area contributed by atoms with Crippen LogP contribution in [0.2, 0.25) is 0 Å². The number of thiophene rings is 1. The molecular weight excluding hydrogens is 625 g/mol. The van der Waals surface area contributed by atoms with Gasteiger partial charge in [0.25, 0.3) is 0 Å². The van der Waals surface area contributed by atoms with Gasteiger partial charge in [0.15, 0.2) is 0 Å². The van der Waals surface area contributed by atoms with E-state index < -0.39 is 0 Å². The van der Waals surface area contributed by atoms with Gasteiger partial charge in [-0.3, -0.25) is 0 Å². The van der Waals surface area contributed by atoms with Crippen molar-refractivity contribution in [3.8, 4) is 11.8 Å². The fourth-order valence-electron chi connectivity index (χ4n) is 7.61. The zero-order valence-electron chi connectivity index (χ0n) is 27.7. The molecule has 0 amide bonds. The molecule has 3 aliphatic carbocycles. The highest BCUT2D eigenvalue weighted by atomic mass is 32.1. The van der Waals surface area contributed by atoms with Crippen molar-refractivity contribution in [2.75, 3.05) is 9.80 Å². The molecule has 0 saturated heterocycles. The molecule has 5 aromatic carbocycles. The van der Waals surface area contributed by atoms with Crippen LogP contribution in [0.1, 0.15) is 28.8 Å². The summed E-state index contributed by atoms with van der Waals surface area (Å²) in [5, 5.41) is 3.87. The number of fused-ring (bicyclic) bond motifs is 4. The summed E-state index contributed by atoms with van der Waals surface area (Å²) in [6.45, 7) is 0. The minimum atomic E-state index is -0.142. The van der Waals surface area contributed by atoms with Gasteiger partial charge in [-0.05, 0) is 95.3 Å². The SMILES string of the molecule is C1#CC(N(c2ccccc2)c2ccccc2)C=CC(N(c2cccc3ccccc23)C2C=C(c3cccc4c5c(sc34)C=CCC5)C=CC2)=C1. The van der Waals surface area contributed by atoms with E-state index >= 15 is 0 Å². The number of rotatable bonds is 7. The Labute approximate surface area is 298 Å². The van der Waals surface area contributed by atoms with E-state index in [1.165, 1.54) is 48.1 Å². The standard InChI is InChI=1S/C47H36N2S/c1-3-18-36(19-4-1)48(37-20-5-2-6-21-37)38-22-13-23-39(32-31-38)49(45-29-12-16-34-15-7-8-25-41(34)45)40-24-11-17-35(33-40)42-27-14-28-44-43-26-9-10-30-46(43)50-47(42)44/h1-8,10-12,14-21,23,25,27-33,38,40H,9,24,26H2. The third-order valence-electron chi connectivity index (χ3n) is 9.92. The molecule has 0 fully saturated rings. The molecule has 1 heterocycles. The van der Waals surface area contributed by atoms with E-state index in [2.05, 4.69) is 192 Å². The number of hydrogen-bond acceptors (Lipinski definition) is 3. The van der Waals surface area contributed by atoms with Gasteiger partial charge < -0.3 is 9.80 Å². The van der Waals surface area contributed by atoms with Crippen LogP contribution in [-0.2, 0) is 6.42 Å². The predicted octanol–water partition coefficient (Wildman–Crippen LogP) is 11.9. The number of aryl methyl sites for hydroxylation is 1. The first-order chi connectivity index (χ1) is 24.8. The Balaban J connectivity index is 1.14. The average molecular weight is 661 g/mol. The van der Waals surface area contributed by atoms with Gasteiger partial charge in [-0.25, -0.2) is 0 Å². The number of benzene rings is 5. The summed E-state index contributed by atoms with van der Waals surface area (Å²) < 4.78 is 1.39. The predicted molar refractivity (Wildman–Crippen MR) is 215 cm³/mol. The molecule has 2 atom stereocenters. The van der Waals surface area contributed by atoms with E-state index in [1.807, 2.05) is 11.3 Å². The second-order valence-corrected chi connectivity index (χ2v) is 14.0. The van der Waals surface area contributed by atoms with E-state index in [4.69, 9.17) is 0 Å². The summed E-state index contributed by atoms with van der Waals surface area (Å²) in [7, 11) is 0. The quantitative estimate of drug-likeness (QED) is 0.157. The van der Waals surface area contributed by atoms with Gasteiger partial charge in [-0.15, -0.1) is 11.3 Å². The van der Waals surface area contributed by atoms with Gasteiger partial charge in [-0.2, -0.15) is 0 Å². The van der Waals surface area contributed by atoms with E-state index in [9.17, 15) is 0 Å². The molecule has 0 spiro atoms. The van der Waals surface area contributed by atoms with Crippen molar-refractivity contribution >= 4 is 60.9 Å². The van der Waals surface area contributed by atoms with Crippen LogP contribution in [0, 0.1) is 11.8 Å². The maximum Gasteiger partial charge on any atom is 0.114 e. The molecule has 0 bridgehead atoms. The maximum atomic E-state index is 3.59. The van der Waals surface area contributed by atoms with Gasteiger partial charge in [0.05, 0.1) is 6.04 Å². The zero-order chi connectivity index (χ0) is 33.3. The lowest BCUT2D eigenvalue weighted by Gasteiger charge is -2.35. The molecular formula is C47H36N2S. The summed E-state index contributed by atoms with van der Waals surface area (Å²) in [6, 6.07) is 43.3. The van der Waals surface area contributed by atoms with Crippen molar-refractivity contribution in [1.82, 2.24) is 0 Å². The van der Waals surface area contributed by atoms with E-state index in [1.54, 1.807) is 0 Å². The van der Waals surface area contributed by atoms with Crippen LogP contribution >= 0.6 is 11.3 Å². The number of allylic oxidation sites excluding steroid dienone is 5. The molecule has 9 rings (SSSR count). The molecule has 2 nitrogen and oxygen atoms in total. The molecule has 0 N–H and O–H groups in total. The van der Waals surface area contributed by atoms with Crippen molar-refractivity contribution in [3.63, 3.8) is 0 Å². The van der Waals surface area contributed by atoms with Crippen LogP contribution in [0.4, 0.5) is 17.1 Å². The fourth-order valence-corrected chi connectivity index (χ4v) is 8.93. The highest BCUT2D eigenvalue weighted by molar-refractivity contribution is 7.20. The summed E-state index contributed by atoms with van der Waals surface area (Å²) >= 11 is 1.94. The molecule has 0 saturated carbocycles. The third-order valence-corrected chi connectivity index (χ3v) is 11.2. The summed E-state index contributed by atoms with van der Waals surface area (Å²) in [6.07, 6.45) is 21.6. The number of anilines is 3. The minimum absolute atomic E-state index is 0.0964. The van der Waals surface area contributed by atoms with Crippen LogP contribution < -0.4 is 9.80 Å². The lowest BCUT2D eigenvalue weighted by Crippen LogP contribution is -2.34. The first kappa shape index (κ1) is 30.3. The molecule has 6 aromatic rings. The lowest BCUT2D eigenvalue weighted by molar-refractivity contribution is 0.767. The van der Waals surface area contributed by atoms with Crippen molar-refractivity contribution in [1.29, 1.82) is 0 Å². The van der Waals surface area contributed by atoms with Crippen molar-refractivity contribution in [2.45, 2.75) is 31.3 Å². The average Bonchev–Trinajstić information content (AvgIpc) is 3.41. The summed E-state index contributed by atoms with van der Waals surface area (Å²) in [5.41, 5.74) is 8.60. The minimum Gasteiger partial charge on any atom is -0.333 e. The Morgan fingerprint density at radius 1 is 0.660 bits per heavy atom. The topological polar surface area (TPSA) is 6.48 Å². The van der Waals surface area contributed by atoms with Crippen LogP contribution in [-0.4, -0.2) is 12.1 Å².